The number of benzene rings is 1. The van der Waals surface area contributed by atoms with Gasteiger partial charge in [-0.15, -0.1) is 13.2 Å². The summed E-state index contributed by atoms with van der Waals surface area (Å²) in [6.45, 7) is 0. The first-order valence-corrected chi connectivity index (χ1v) is 7.76. The first-order chi connectivity index (χ1) is 13.2. The second kappa shape index (κ2) is 7.18. The van der Waals surface area contributed by atoms with Crippen molar-refractivity contribution in [2.45, 2.75) is 6.36 Å². The zero-order valence-corrected chi connectivity index (χ0v) is 14.6. The van der Waals surface area contributed by atoms with Gasteiger partial charge < -0.3 is 9.47 Å². The Hall–Kier alpha value is -3.63. The summed E-state index contributed by atoms with van der Waals surface area (Å²) < 4.78 is 47.8. The number of carbonyl (C=O) groups is 1. The van der Waals surface area contributed by atoms with Gasteiger partial charge in [0, 0.05) is 12.6 Å². The molecule has 0 saturated heterocycles. The van der Waals surface area contributed by atoms with E-state index in [0.29, 0.717) is 11.3 Å². The van der Waals surface area contributed by atoms with E-state index >= 15 is 0 Å². The molecule has 0 amide bonds. The topological polar surface area (TPSA) is 88.2 Å². The maximum atomic E-state index is 12.6. The number of rotatable bonds is 4. The van der Waals surface area contributed by atoms with Crippen LogP contribution in [0.2, 0.25) is 0 Å². The number of nitrogens with zero attached hydrogens (tertiary/aromatic N) is 4. The average molecular weight is 394 g/mol. The lowest BCUT2D eigenvalue weighted by Gasteiger charge is -2.11. The predicted molar refractivity (Wildman–Crippen MR) is 90.1 cm³/mol. The molecule has 0 bridgehead atoms. The molecule has 0 radical (unpaired) electrons. The maximum Gasteiger partial charge on any atom is 0.573 e. The smallest absolute Gasteiger partial charge is 0.465 e. The lowest BCUT2D eigenvalue weighted by molar-refractivity contribution is -0.274. The third-order valence-corrected chi connectivity index (χ3v) is 3.64. The van der Waals surface area contributed by atoms with Gasteiger partial charge in [-0.2, -0.15) is 14.9 Å². The number of methoxy groups -OCH3 is 1. The van der Waals surface area contributed by atoms with Crippen LogP contribution in [-0.2, 0) is 11.8 Å². The van der Waals surface area contributed by atoms with Crippen molar-refractivity contribution in [1.82, 2.24) is 19.6 Å². The SMILES string of the molecule is COC(=O)c1cc(-c2ccc(OC(F)(F)F)cc2)nn(-c2cnn(C)c2)c1=O. The molecule has 3 rings (SSSR count). The normalized spacial score (nSPS) is 11.3. The zero-order valence-electron chi connectivity index (χ0n) is 14.6. The molecule has 0 aliphatic carbocycles. The largest absolute Gasteiger partial charge is 0.573 e. The van der Waals surface area contributed by atoms with Crippen LogP contribution in [0.25, 0.3) is 16.9 Å². The molecule has 0 N–H and O–H groups in total. The Labute approximate surface area is 155 Å². The van der Waals surface area contributed by atoms with E-state index in [0.717, 1.165) is 23.9 Å². The molecule has 0 unspecified atom stereocenters. The third kappa shape index (κ3) is 4.03. The molecule has 146 valence electrons. The average Bonchev–Trinajstić information content (AvgIpc) is 3.07. The van der Waals surface area contributed by atoms with E-state index in [1.807, 2.05) is 0 Å². The van der Waals surface area contributed by atoms with Crippen molar-refractivity contribution in [2.75, 3.05) is 7.11 Å². The van der Waals surface area contributed by atoms with Crippen LogP contribution in [0.3, 0.4) is 0 Å². The Morgan fingerprint density at radius 1 is 1.18 bits per heavy atom. The van der Waals surface area contributed by atoms with Gasteiger partial charge >= 0.3 is 12.3 Å². The summed E-state index contributed by atoms with van der Waals surface area (Å²) in [6, 6.07) is 6.05. The highest BCUT2D eigenvalue weighted by molar-refractivity contribution is 5.90. The lowest BCUT2D eigenvalue weighted by Crippen LogP contribution is -2.28. The van der Waals surface area contributed by atoms with Crippen LogP contribution in [-0.4, -0.2) is 39.0 Å². The number of aryl methyl sites for hydroxylation is 1. The summed E-state index contributed by atoms with van der Waals surface area (Å²) in [5.74, 6) is -1.28. The Bertz CT molecular complexity index is 1070. The highest BCUT2D eigenvalue weighted by Gasteiger charge is 2.31. The molecule has 0 saturated carbocycles. The molecule has 0 fully saturated rings. The Morgan fingerprint density at radius 3 is 2.39 bits per heavy atom. The third-order valence-electron chi connectivity index (χ3n) is 3.64. The number of esters is 1. The Morgan fingerprint density at radius 2 is 1.86 bits per heavy atom. The van der Waals surface area contributed by atoms with Crippen LogP contribution < -0.4 is 10.3 Å². The van der Waals surface area contributed by atoms with Crippen molar-refractivity contribution in [3.05, 3.63) is 58.6 Å². The highest BCUT2D eigenvalue weighted by atomic mass is 19.4. The van der Waals surface area contributed by atoms with Gasteiger partial charge in [-0.1, -0.05) is 0 Å². The highest BCUT2D eigenvalue weighted by Crippen LogP contribution is 2.26. The molecule has 1 aromatic carbocycles. The number of aromatic nitrogens is 4. The van der Waals surface area contributed by atoms with Gasteiger partial charge in [0.15, 0.2) is 0 Å². The molecule has 2 aromatic heterocycles. The van der Waals surface area contributed by atoms with E-state index < -0.39 is 23.6 Å². The van der Waals surface area contributed by atoms with Crippen LogP contribution in [0.1, 0.15) is 10.4 Å². The summed E-state index contributed by atoms with van der Waals surface area (Å²) >= 11 is 0. The van der Waals surface area contributed by atoms with E-state index in [-0.39, 0.29) is 11.3 Å². The van der Waals surface area contributed by atoms with E-state index in [4.69, 9.17) is 0 Å². The molecule has 28 heavy (non-hydrogen) atoms. The summed E-state index contributed by atoms with van der Waals surface area (Å²) in [5, 5.41) is 8.14. The van der Waals surface area contributed by atoms with Crippen molar-refractivity contribution < 1.29 is 27.4 Å². The number of halogens is 3. The number of carbonyl (C=O) groups excluding carboxylic acids is 1. The van der Waals surface area contributed by atoms with Gasteiger partial charge in [-0.05, 0) is 30.3 Å². The van der Waals surface area contributed by atoms with Gasteiger partial charge in [-0.25, -0.2) is 4.79 Å². The second-order valence-corrected chi connectivity index (χ2v) is 5.60. The van der Waals surface area contributed by atoms with Crippen LogP contribution in [0.4, 0.5) is 13.2 Å². The molecule has 3 aromatic rings. The van der Waals surface area contributed by atoms with Crippen molar-refractivity contribution in [2.24, 2.45) is 7.05 Å². The van der Waals surface area contributed by atoms with E-state index in [9.17, 15) is 22.8 Å². The van der Waals surface area contributed by atoms with Crippen molar-refractivity contribution in [3.63, 3.8) is 0 Å². The summed E-state index contributed by atoms with van der Waals surface area (Å²) in [5.41, 5.74) is -0.177. The van der Waals surface area contributed by atoms with Crippen molar-refractivity contribution in [1.29, 1.82) is 0 Å². The minimum Gasteiger partial charge on any atom is -0.465 e. The predicted octanol–water partition coefficient (Wildman–Crippen LogP) is 2.32. The van der Waals surface area contributed by atoms with E-state index in [2.05, 4.69) is 19.7 Å². The van der Waals surface area contributed by atoms with Gasteiger partial charge in [0.2, 0.25) is 0 Å². The van der Waals surface area contributed by atoms with Gasteiger partial charge in [0.05, 0.1) is 25.2 Å². The molecular formula is C17H13F3N4O4. The van der Waals surface area contributed by atoms with E-state index in [1.165, 1.54) is 35.3 Å². The van der Waals surface area contributed by atoms with Crippen LogP contribution >= 0.6 is 0 Å². The fourth-order valence-electron chi connectivity index (χ4n) is 2.41. The molecule has 2 heterocycles. The summed E-state index contributed by atoms with van der Waals surface area (Å²) in [7, 11) is 2.76. The molecular weight excluding hydrogens is 381 g/mol. The van der Waals surface area contributed by atoms with Crippen molar-refractivity contribution >= 4 is 5.97 Å². The van der Waals surface area contributed by atoms with Gasteiger partial charge in [0.1, 0.15) is 17.0 Å². The standard InChI is InChI=1S/C17H13F3N4O4/c1-23-9-11(8-21-23)24-15(25)13(16(26)27-2)7-14(22-24)10-3-5-12(6-4-10)28-17(18,19)20/h3-9H,1-2H3. The lowest BCUT2D eigenvalue weighted by atomic mass is 10.1. The molecule has 0 aliphatic heterocycles. The first-order valence-electron chi connectivity index (χ1n) is 7.76. The molecule has 11 heteroatoms. The Kier molecular flexibility index (Phi) is 4.91. The summed E-state index contributed by atoms with van der Waals surface area (Å²) in [4.78, 5) is 24.6. The van der Waals surface area contributed by atoms with Crippen LogP contribution in [0.15, 0.2) is 47.5 Å². The first kappa shape index (κ1) is 19.1. The monoisotopic (exact) mass is 394 g/mol. The molecule has 0 spiro atoms. The van der Waals surface area contributed by atoms with Crippen LogP contribution in [0, 0.1) is 0 Å². The number of hydrogen-bond acceptors (Lipinski definition) is 6. The molecule has 0 atom stereocenters. The second-order valence-electron chi connectivity index (χ2n) is 5.60. The van der Waals surface area contributed by atoms with Crippen molar-refractivity contribution in [3.8, 4) is 22.7 Å². The fraction of sp³-hybridized carbons (Fsp3) is 0.176. The Balaban J connectivity index is 2.10. The number of ether oxygens (including phenoxy) is 2. The zero-order chi connectivity index (χ0) is 20.5. The van der Waals surface area contributed by atoms with Gasteiger partial charge in [-0.3, -0.25) is 9.48 Å². The summed E-state index contributed by atoms with van der Waals surface area (Å²) in [6.07, 6.45) is -1.93. The van der Waals surface area contributed by atoms with Gasteiger partial charge in [0.25, 0.3) is 5.56 Å². The quantitative estimate of drug-likeness (QED) is 0.631. The molecule has 0 aliphatic rings. The molecule has 8 nitrogen and oxygen atoms in total. The minimum atomic E-state index is -4.81. The number of alkyl halides is 3. The maximum absolute atomic E-state index is 12.6. The minimum absolute atomic E-state index is 0.169. The van der Waals surface area contributed by atoms with E-state index in [1.54, 1.807) is 7.05 Å². The fourth-order valence-corrected chi connectivity index (χ4v) is 2.41. The number of hydrogen-bond donors (Lipinski definition) is 0. The van der Waals surface area contributed by atoms with Crippen LogP contribution in [0.5, 0.6) is 5.75 Å².